The summed E-state index contributed by atoms with van der Waals surface area (Å²) < 4.78 is 0. The molecule has 2 rings (SSSR count). The summed E-state index contributed by atoms with van der Waals surface area (Å²) in [6, 6.07) is 0. The van der Waals surface area contributed by atoms with E-state index >= 15 is 0 Å². The van der Waals surface area contributed by atoms with E-state index in [-0.39, 0.29) is 5.91 Å². The van der Waals surface area contributed by atoms with E-state index in [1.54, 1.807) is 0 Å². The van der Waals surface area contributed by atoms with Gasteiger partial charge in [0.05, 0.1) is 6.54 Å². The highest BCUT2D eigenvalue weighted by molar-refractivity contribution is 6.30. The first-order valence-corrected chi connectivity index (χ1v) is 5.46. The molecule has 0 saturated carbocycles. The van der Waals surface area contributed by atoms with Gasteiger partial charge in [-0.3, -0.25) is 4.79 Å². The number of carbonyl (C=O) groups excluding carboxylic acids is 1. The Kier molecular flexibility index (Phi) is 3.08. The van der Waals surface area contributed by atoms with E-state index in [1.807, 2.05) is 11.0 Å². The average molecular weight is 215 g/mol. The van der Waals surface area contributed by atoms with Crippen molar-refractivity contribution >= 4 is 17.5 Å². The van der Waals surface area contributed by atoms with Crippen molar-refractivity contribution in [3.05, 3.63) is 11.1 Å². The van der Waals surface area contributed by atoms with Gasteiger partial charge in [-0.25, -0.2) is 0 Å². The zero-order chi connectivity index (χ0) is 9.97. The van der Waals surface area contributed by atoms with E-state index in [4.69, 9.17) is 11.6 Å². The Bertz CT molecular complexity index is 261. The van der Waals surface area contributed by atoms with E-state index < -0.39 is 0 Å². The molecule has 0 aromatic carbocycles. The largest absolute Gasteiger partial charge is 0.337 e. The monoisotopic (exact) mass is 214 g/mol. The topological polar surface area (TPSA) is 32.3 Å². The lowest BCUT2D eigenvalue weighted by Gasteiger charge is -2.31. The molecule has 0 aromatic rings. The Morgan fingerprint density at radius 3 is 3.00 bits per heavy atom. The number of nitrogens with one attached hydrogen (secondary N) is 1. The molecule has 1 amide bonds. The van der Waals surface area contributed by atoms with Crippen LogP contribution in [0.5, 0.6) is 0 Å². The summed E-state index contributed by atoms with van der Waals surface area (Å²) >= 11 is 5.89. The Hall–Kier alpha value is -0.540. The quantitative estimate of drug-likeness (QED) is 0.743. The van der Waals surface area contributed by atoms with Crippen molar-refractivity contribution in [3.63, 3.8) is 0 Å². The molecule has 1 saturated heterocycles. The molecule has 4 heteroatoms. The molecule has 0 aromatic heterocycles. The van der Waals surface area contributed by atoms with Gasteiger partial charge in [0.2, 0.25) is 5.91 Å². The zero-order valence-corrected chi connectivity index (χ0v) is 8.89. The predicted molar refractivity (Wildman–Crippen MR) is 56.1 cm³/mol. The van der Waals surface area contributed by atoms with Crippen LogP contribution >= 0.6 is 11.6 Å². The van der Waals surface area contributed by atoms with Crippen molar-refractivity contribution in [2.75, 3.05) is 26.2 Å². The van der Waals surface area contributed by atoms with Gasteiger partial charge < -0.3 is 10.2 Å². The molecule has 78 valence electrons. The van der Waals surface area contributed by atoms with Crippen LogP contribution in [0.4, 0.5) is 0 Å². The molecule has 0 unspecified atom stereocenters. The number of halogens is 1. The van der Waals surface area contributed by atoms with E-state index in [2.05, 4.69) is 5.32 Å². The number of hydrogen-bond acceptors (Lipinski definition) is 2. The Morgan fingerprint density at radius 1 is 1.64 bits per heavy atom. The molecule has 0 bridgehead atoms. The summed E-state index contributed by atoms with van der Waals surface area (Å²) in [6.07, 6.45) is 3.57. The molecule has 1 N–H and O–H groups in total. The summed E-state index contributed by atoms with van der Waals surface area (Å²) in [7, 11) is 0. The van der Waals surface area contributed by atoms with Crippen LogP contribution in [0.15, 0.2) is 11.1 Å². The molecule has 0 spiro atoms. The maximum Gasteiger partial charge on any atom is 0.223 e. The van der Waals surface area contributed by atoms with Crippen molar-refractivity contribution in [1.82, 2.24) is 10.2 Å². The molecule has 2 aliphatic heterocycles. The van der Waals surface area contributed by atoms with Crippen LogP contribution in [0.3, 0.4) is 0 Å². The van der Waals surface area contributed by atoms with Gasteiger partial charge in [0.1, 0.15) is 0 Å². The molecule has 0 radical (unpaired) electrons. The maximum absolute atomic E-state index is 11.8. The van der Waals surface area contributed by atoms with Gasteiger partial charge in [-0.2, -0.15) is 0 Å². The first kappa shape index (κ1) is 9.99. The number of carbonyl (C=O) groups is 1. The first-order chi connectivity index (χ1) is 6.75. The minimum Gasteiger partial charge on any atom is -0.337 e. The van der Waals surface area contributed by atoms with Crippen LogP contribution in [-0.4, -0.2) is 37.0 Å². The van der Waals surface area contributed by atoms with Crippen molar-refractivity contribution in [2.24, 2.45) is 5.92 Å². The molecule has 14 heavy (non-hydrogen) atoms. The molecule has 2 heterocycles. The Labute approximate surface area is 89.1 Å². The van der Waals surface area contributed by atoms with Crippen LogP contribution in [0.2, 0.25) is 0 Å². The fourth-order valence-electron chi connectivity index (χ4n) is 1.78. The van der Waals surface area contributed by atoms with E-state index in [9.17, 15) is 4.79 Å². The highest BCUT2D eigenvalue weighted by Crippen LogP contribution is 2.16. The zero-order valence-electron chi connectivity index (χ0n) is 8.13. The number of rotatable bonds is 2. The van der Waals surface area contributed by atoms with Gasteiger partial charge in [-0.15, -0.1) is 0 Å². The third-order valence-electron chi connectivity index (χ3n) is 2.79. The Balaban J connectivity index is 1.82. The van der Waals surface area contributed by atoms with Gasteiger partial charge in [-0.1, -0.05) is 17.7 Å². The van der Waals surface area contributed by atoms with Gasteiger partial charge >= 0.3 is 0 Å². The van der Waals surface area contributed by atoms with Gasteiger partial charge in [-0.05, 0) is 25.4 Å². The van der Waals surface area contributed by atoms with E-state index in [0.29, 0.717) is 18.9 Å². The third kappa shape index (κ3) is 2.28. The minimum atomic E-state index is 0.253. The fourth-order valence-corrected chi connectivity index (χ4v) is 2.04. The molecule has 1 fully saturated rings. The molecular formula is C10H15ClN2O. The number of hydrogen-bond donors (Lipinski definition) is 1. The van der Waals surface area contributed by atoms with Crippen LogP contribution in [0.25, 0.3) is 0 Å². The van der Waals surface area contributed by atoms with Crippen LogP contribution in [0, 0.1) is 5.92 Å². The number of nitrogens with zero attached hydrogens (tertiary/aromatic N) is 1. The second kappa shape index (κ2) is 4.32. The molecule has 3 nitrogen and oxygen atoms in total. The second-order valence-electron chi connectivity index (χ2n) is 3.98. The summed E-state index contributed by atoms with van der Waals surface area (Å²) in [5.74, 6) is 0.801. The minimum absolute atomic E-state index is 0.253. The summed E-state index contributed by atoms with van der Waals surface area (Å²) in [4.78, 5) is 13.6. The average Bonchev–Trinajstić information content (AvgIpc) is 2.11. The molecule has 0 atom stereocenters. The van der Waals surface area contributed by atoms with Crippen LogP contribution in [0.1, 0.15) is 12.8 Å². The summed E-state index contributed by atoms with van der Waals surface area (Å²) in [5, 5.41) is 3.97. The lowest BCUT2D eigenvalue weighted by molar-refractivity contribution is -0.132. The van der Waals surface area contributed by atoms with Gasteiger partial charge in [0, 0.05) is 18.0 Å². The molecule has 2 aliphatic rings. The molecule has 0 aliphatic carbocycles. The lowest BCUT2D eigenvalue weighted by atomic mass is 9.98. The Morgan fingerprint density at radius 2 is 2.43 bits per heavy atom. The second-order valence-corrected chi connectivity index (χ2v) is 4.47. The van der Waals surface area contributed by atoms with E-state index in [1.165, 1.54) is 0 Å². The normalized spacial score (nSPS) is 22.9. The highest BCUT2D eigenvalue weighted by atomic mass is 35.5. The summed E-state index contributed by atoms with van der Waals surface area (Å²) in [6.45, 7) is 3.42. The third-order valence-corrected chi connectivity index (χ3v) is 3.06. The lowest BCUT2D eigenvalue weighted by Crippen LogP contribution is -2.46. The van der Waals surface area contributed by atoms with Crippen molar-refractivity contribution in [1.29, 1.82) is 0 Å². The van der Waals surface area contributed by atoms with Crippen molar-refractivity contribution in [3.8, 4) is 0 Å². The van der Waals surface area contributed by atoms with Gasteiger partial charge in [0.25, 0.3) is 0 Å². The fraction of sp³-hybridized carbons (Fsp3) is 0.700. The van der Waals surface area contributed by atoms with Crippen molar-refractivity contribution in [2.45, 2.75) is 12.8 Å². The van der Waals surface area contributed by atoms with Crippen LogP contribution in [-0.2, 0) is 4.79 Å². The van der Waals surface area contributed by atoms with E-state index in [0.717, 1.165) is 31.1 Å². The number of amides is 1. The highest BCUT2D eigenvalue weighted by Gasteiger charge is 2.24. The van der Waals surface area contributed by atoms with Gasteiger partial charge in [0.15, 0.2) is 0 Å². The van der Waals surface area contributed by atoms with Crippen molar-refractivity contribution < 1.29 is 4.79 Å². The SMILES string of the molecule is O=C(CC1CNC1)N1CCC=C(Cl)C1. The standard InChI is InChI=1S/C10H15ClN2O/c11-9-2-1-3-13(7-9)10(14)4-8-5-12-6-8/h2,8,12H,1,3-7H2. The smallest absolute Gasteiger partial charge is 0.223 e. The first-order valence-electron chi connectivity index (χ1n) is 5.09. The van der Waals surface area contributed by atoms with Crippen LogP contribution < -0.4 is 5.32 Å². The predicted octanol–water partition coefficient (Wildman–Crippen LogP) is 0.951. The molecular weight excluding hydrogens is 200 g/mol. The summed E-state index contributed by atoms with van der Waals surface area (Å²) in [5.41, 5.74) is 0. The maximum atomic E-state index is 11.8.